The highest BCUT2D eigenvalue weighted by molar-refractivity contribution is 7.14. The summed E-state index contributed by atoms with van der Waals surface area (Å²) in [6.45, 7) is 0. The van der Waals surface area contributed by atoms with Crippen LogP contribution in [-0.2, 0) is 19.9 Å². The number of rotatable bonds is 5. The molecule has 0 spiro atoms. The van der Waals surface area contributed by atoms with E-state index in [1.54, 1.807) is 24.6 Å². The van der Waals surface area contributed by atoms with Crippen LogP contribution in [0.5, 0.6) is 5.75 Å². The molecule has 1 N–H and O–H groups in total. The standard InChI is InChI=1S/C21H23N3O2S/c1-24-12-11-22-20(24)19(14-7-9-16(26-2)10-8-14)23-21(25)18-13-15-5-3-4-6-17(15)27-18/h7-13,19H,3-6H2,1-2H3,(H,23,25). The molecular formula is C21H23N3O2S. The summed E-state index contributed by atoms with van der Waals surface area (Å²) in [5.74, 6) is 1.54. The van der Waals surface area contributed by atoms with Gasteiger partial charge < -0.3 is 14.6 Å². The van der Waals surface area contributed by atoms with Gasteiger partial charge in [0.1, 0.15) is 17.6 Å². The molecule has 1 aliphatic carbocycles. The number of amides is 1. The number of benzene rings is 1. The number of hydrogen-bond donors (Lipinski definition) is 1. The van der Waals surface area contributed by atoms with Crippen molar-refractivity contribution in [2.24, 2.45) is 7.05 Å². The van der Waals surface area contributed by atoms with Crippen LogP contribution in [0.2, 0.25) is 0 Å². The van der Waals surface area contributed by atoms with Crippen molar-refractivity contribution < 1.29 is 9.53 Å². The van der Waals surface area contributed by atoms with Gasteiger partial charge in [0.05, 0.1) is 12.0 Å². The van der Waals surface area contributed by atoms with E-state index in [0.717, 1.165) is 34.9 Å². The van der Waals surface area contributed by atoms with Gasteiger partial charge >= 0.3 is 0 Å². The Kier molecular flexibility index (Phi) is 4.99. The number of hydrogen-bond acceptors (Lipinski definition) is 4. The summed E-state index contributed by atoms with van der Waals surface area (Å²) < 4.78 is 7.19. The molecule has 4 rings (SSSR count). The number of ether oxygens (including phenoxy) is 1. The van der Waals surface area contributed by atoms with E-state index in [4.69, 9.17) is 4.74 Å². The summed E-state index contributed by atoms with van der Waals surface area (Å²) in [6, 6.07) is 9.50. The number of aryl methyl sites for hydroxylation is 3. The zero-order valence-corrected chi connectivity index (χ0v) is 16.4. The first kappa shape index (κ1) is 17.8. The Morgan fingerprint density at radius 1 is 1.26 bits per heavy atom. The predicted octanol–water partition coefficient (Wildman–Crippen LogP) is 3.89. The second-order valence-electron chi connectivity index (χ2n) is 6.84. The number of thiophene rings is 1. The van der Waals surface area contributed by atoms with Crippen LogP contribution in [0.15, 0.2) is 42.7 Å². The van der Waals surface area contributed by atoms with Crippen molar-refractivity contribution in [3.63, 3.8) is 0 Å². The topological polar surface area (TPSA) is 56.1 Å². The number of nitrogens with zero attached hydrogens (tertiary/aromatic N) is 2. The van der Waals surface area contributed by atoms with Gasteiger partial charge in [0.2, 0.25) is 0 Å². The lowest BCUT2D eigenvalue weighted by molar-refractivity contribution is 0.0945. The third-order valence-electron chi connectivity index (χ3n) is 5.06. The summed E-state index contributed by atoms with van der Waals surface area (Å²) in [5.41, 5.74) is 2.31. The van der Waals surface area contributed by atoms with Crippen LogP contribution >= 0.6 is 11.3 Å². The van der Waals surface area contributed by atoms with Crippen LogP contribution < -0.4 is 10.1 Å². The predicted molar refractivity (Wildman–Crippen MR) is 106 cm³/mol. The number of carbonyl (C=O) groups is 1. The van der Waals surface area contributed by atoms with Crippen molar-refractivity contribution in [1.29, 1.82) is 0 Å². The normalized spacial score (nSPS) is 14.4. The molecule has 5 nitrogen and oxygen atoms in total. The maximum atomic E-state index is 13.0. The van der Waals surface area contributed by atoms with Crippen molar-refractivity contribution in [3.05, 3.63) is 69.4 Å². The van der Waals surface area contributed by atoms with E-state index < -0.39 is 0 Å². The zero-order chi connectivity index (χ0) is 18.8. The molecule has 0 saturated carbocycles. The quantitative estimate of drug-likeness (QED) is 0.729. The fourth-order valence-electron chi connectivity index (χ4n) is 3.55. The van der Waals surface area contributed by atoms with E-state index in [1.807, 2.05) is 42.1 Å². The molecule has 0 aliphatic heterocycles. The van der Waals surface area contributed by atoms with Crippen LogP contribution in [0.3, 0.4) is 0 Å². The summed E-state index contributed by atoms with van der Waals surface area (Å²) in [4.78, 5) is 19.6. The molecule has 3 aromatic rings. The molecule has 6 heteroatoms. The maximum Gasteiger partial charge on any atom is 0.262 e. The van der Waals surface area contributed by atoms with Crippen molar-refractivity contribution in [2.45, 2.75) is 31.7 Å². The molecule has 0 radical (unpaired) electrons. The number of fused-ring (bicyclic) bond motifs is 1. The second-order valence-corrected chi connectivity index (χ2v) is 7.98. The van der Waals surface area contributed by atoms with Crippen LogP contribution in [0.25, 0.3) is 0 Å². The number of nitrogens with one attached hydrogen (secondary N) is 1. The third-order valence-corrected chi connectivity index (χ3v) is 6.30. The number of imidazole rings is 1. The van der Waals surface area contributed by atoms with E-state index >= 15 is 0 Å². The highest BCUT2D eigenvalue weighted by Crippen LogP contribution is 2.30. The molecule has 2 heterocycles. The second kappa shape index (κ2) is 7.56. The average Bonchev–Trinajstić information content (AvgIpc) is 3.32. The highest BCUT2D eigenvalue weighted by Gasteiger charge is 2.24. The number of aromatic nitrogens is 2. The molecule has 2 aromatic heterocycles. The first-order valence-corrected chi connectivity index (χ1v) is 10.0. The van der Waals surface area contributed by atoms with Crippen molar-refractivity contribution in [1.82, 2.24) is 14.9 Å². The molecule has 1 aromatic carbocycles. The van der Waals surface area contributed by atoms with Gasteiger partial charge in [-0.25, -0.2) is 4.98 Å². The van der Waals surface area contributed by atoms with Gasteiger partial charge in [-0.3, -0.25) is 4.79 Å². The summed E-state index contributed by atoms with van der Waals surface area (Å²) in [6.07, 6.45) is 8.25. The Morgan fingerprint density at radius 2 is 2.04 bits per heavy atom. The number of carbonyl (C=O) groups excluding carboxylic acids is 1. The molecule has 1 amide bonds. The van der Waals surface area contributed by atoms with Gasteiger partial charge in [-0.2, -0.15) is 0 Å². The Balaban J connectivity index is 1.63. The minimum Gasteiger partial charge on any atom is -0.497 e. The van der Waals surface area contributed by atoms with Gasteiger partial charge in [-0.15, -0.1) is 11.3 Å². The molecule has 0 saturated heterocycles. The van der Waals surface area contributed by atoms with E-state index in [2.05, 4.69) is 16.4 Å². The average molecular weight is 382 g/mol. The molecule has 1 unspecified atom stereocenters. The Bertz CT molecular complexity index is 919. The van der Waals surface area contributed by atoms with E-state index in [1.165, 1.54) is 23.3 Å². The highest BCUT2D eigenvalue weighted by atomic mass is 32.1. The first-order valence-electron chi connectivity index (χ1n) is 9.19. The van der Waals surface area contributed by atoms with Gasteiger partial charge in [0.25, 0.3) is 5.91 Å². The Labute approximate surface area is 163 Å². The molecular weight excluding hydrogens is 358 g/mol. The third kappa shape index (κ3) is 3.62. The van der Waals surface area contributed by atoms with Gasteiger partial charge in [0, 0.05) is 24.3 Å². The van der Waals surface area contributed by atoms with Crippen LogP contribution in [-0.4, -0.2) is 22.6 Å². The molecule has 0 fully saturated rings. The molecule has 1 atom stereocenters. The van der Waals surface area contributed by atoms with Crippen molar-refractivity contribution >= 4 is 17.2 Å². The molecule has 27 heavy (non-hydrogen) atoms. The Morgan fingerprint density at radius 3 is 2.70 bits per heavy atom. The van der Waals surface area contributed by atoms with Crippen LogP contribution in [0.1, 0.15) is 50.4 Å². The lowest BCUT2D eigenvalue weighted by Gasteiger charge is -2.19. The molecule has 1 aliphatic rings. The lowest BCUT2D eigenvalue weighted by Crippen LogP contribution is -2.30. The summed E-state index contributed by atoms with van der Waals surface area (Å²) in [7, 11) is 3.58. The van der Waals surface area contributed by atoms with Gasteiger partial charge in [-0.1, -0.05) is 12.1 Å². The SMILES string of the molecule is COc1ccc(C(NC(=O)c2cc3c(s2)CCCC3)c2nccn2C)cc1. The van der Waals surface area contributed by atoms with Gasteiger partial charge in [-0.05, 0) is 55.0 Å². The number of methoxy groups -OCH3 is 1. The maximum absolute atomic E-state index is 13.0. The van der Waals surface area contributed by atoms with Crippen LogP contribution in [0.4, 0.5) is 0 Å². The minimum atomic E-state index is -0.317. The Hall–Kier alpha value is -2.60. The van der Waals surface area contributed by atoms with E-state index in [9.17, 15) is 4.79 Å². The largest absolute Gasteiger partial charge is 0.497 e. The summed E-state index contributed by atoms with van der Waals surface area (Å²) >= 11 is 1.63. The fourth-order valence-corrected chi connectivity index (χ4v) is 4.71. The van der Waals surface area contributed by atoms with E-state index in [-0.39, 0.29) is 11.9 Å². The smallest absolute Gasteiger partial charge is 0.262 e. The molecule has 140 valence electrons. The monoisotopic (exact) mass is 381 g/mol. The van der Waals surface area contributed by atoms with Crippen molar-refractivity contribution in [2.75, 3.05) is 7.11 Å². The molecule has 0 bridgehead atoms. The van der Waals surface area contributed by atoms with Crippen LogP contribution in [0, 0.1) is 0 Å². The lowest BCUT2D eigenvalue weighted by atomic mass is 9.99. The first-order chi connectivity index (χ1) is 13.2. The minimum absolute atomic E-state index is 0.0433. The summed E-state index contributed by atoms with van der Waals surface area (Å²) in [5, 5.41) is 3.19. The zero-order valence-electron chi connectivity index (χ0n) is 15.6. The van der Waals surface area contributed by atoms with E-state index in [0.29, 0.717) is 0 Å². The van der Waals surface area contributed by atoms with Gasteiger partial charge in [0.15, 0.2) is 0 Å². The fraction of sp³-hybridized carbons (Fsp3) is 0.333. The van der Waals surface area contributed by atoms with Crippen molar-refractivity contribution in [3.8, 4) is 5.75 Å².